The Morgan fingerprint density at radius 3 is 2.73 bits per heavy atom. The number of hydrogen-bond acceptors (Lipinski definition) is 0. The third-order valence-corrected chi connectivity index (χ3v) is 4.73. The Hall–Kier alpha value is 0.220. The van der Waals surface area contributed by atoms with Crippen LogP contribution in [0.5, 0.6) is 0 Å². The van der Waals surface area contributed by atoms with E-state index >= 15 is 0 Å². The highest BCUT2D eigenvalue weighted by molar-refractivity contribution is 9.11. The first-order valence-electron chi connectivity index (χ1n) is 4.40. The van der Waals surface area contributed by atoms with E-state index in [1.54, 1.807) is 0 Å². The molecular formula is C10H15Br. The van der Waals surface area contributed by atoms with Crippen molar-refractivity contribution in [2.45, 2.75) is 27.2 Å². The molecule has 0 bridgehead atoms. The molecule has 0 saturated heterocycles. The van der Waals surface area contributed by atoms with Gasteiger partial charge in [-0.25, -0.2) is 0 Å². The molecule has 0 amide bonds. The van der Waals surface area contributed by atoms with Gasteiger partial charge in [0.1, 0.15) is 0 Å². The average Bonchev–Trinajstić information content (AvgIpc) is 2.46. The molecule has 1 fully saturated rings. The lowest BCUT2D eigenvalue weighted by Gasteiger charge is -2.14. The molecule has 2 aliphatic rings. The third-order valence-electron chi connectivity index (χ3n) is 3.68. The fraction of sp³-hybridized carbons (Fsp3) is 0.800. The Kier molecular flexibility index (Phi) is 1.52. The maximum absolute atomic E-state index is 3.63. The molecule has 2 aliphatic carbocycles. The van der Waals surface area contributed by atoms with E-state index in [9.17, 15) is 0 Å². The van der Waals surface area contributed by atoms with Crippen LogP contribution in [-0.4, -0.2) is 0 Å². The lowest BCUT2D eigenvalue weighted by molar-refractivity contribution is 0.481. The molecule has 1 heteroatoms. The lowest BCUT2D eigenvalue weighted by Crippen LogP contribution is -2.04. The number of hydrogen-bond donors (Lipinski definition) is 0. The summed E-state index contributed by atoms with van der Waals surface area (Å²) in [6.45, 7) is 7.14. The van der Waals surface area contributed by atoms with Gasteiger partial charge < -0.3 is 0 Å². The standard InChI is InChI=1S/C10H15Br/c1-6-8(11)5-4-7-9(6)10(7,2)3/h5-7,9H,4H2,1-3H3/t6-,7-,9-/m1/s1. The average molecular weight is 215 g/mol. The maximum Gasteiger partial charge on any atom is -0.00578 e. The first-order chi connectivity index (χ1) is 5.05. The van der Waals surface area contributed by atoms with E-state index in [0.29, 0.717) is 5.41 Å². The van der Waals surface area contributed by atoms with E-state index in [2.05, 4.69) is 42.8 Å². The smallest absolute Gasteiger partial charge is 0.00578 e. The van der Waals surface area contributed by atoms with Crippen molar-refractivity contribution < 1.29 is 0 Å². The van der Waals surface area contributed by atoms with Gasteiger partial charge in [0.2, 0.25) is 0 Å². The third kappa shape index (κ3) is 0.932. The van der Waals surface area contributed by atoms with Crippen molar-refractivity contribution in [1.29, 1.82) is 0 Å². The quantitative estimate of drug-likeness (QED) is 0.579. The molecule has 0 heterocycles. The van der Waals surface area contributed by atoms with Crippen LogP contribution in [0.15, 0.2) is 10.6 Å². The van der Waals surface area contributed by atoms with Crippen molar-refractivity contribution in [3.8, 4) is 0 Å². The number of rotatable bonds is 0. The molecule has 0 nitrogen and oxygen atoms in total. The van der Waals surface area contributed by atoms with Crippen LogP contribution in [-0.2, 0) is 0 Å². The summed E-state index contributed by atoms with van der Waals surface area (Å²) in [5.41, 5.74) is 0.617. The van der Waals surface area contributed by atoms with Crippen LogP contribution < -0.4 is 0 Å². The van der Waals surface area contributed by atoms with Gasteiger partial charge in [0.05, 0.1) is 0 Å². The largest absolute Gasteiger partial charge is 0.0738 e. The minimum atomic E-state index is 0.617. The van der Waals surface area contributed by atoms with Crippen LogP contribution >= 0.6 is 15.9 Å². The van der Waals surface area contributed by atoms with E-state index in [-0.39, 0.29) is 0 Å². The number of halogens is 1. The molecule has 0 aromatic rings. The van der Waals surface area contributed by atoms with Gasteiger partial charge in [0, 0.05) is 0 Å². The van der Waals surface area contributed by atoms with Gasteiger partial charge in [-0.1, -0.05) is 42.8 Å². The fourth-order valence-corrected chi connectivity index (χ4v) is 3.30. The second-order valence-electron chi connectivity index (χ2n) is 4.57. The topological polar surface area (TPSA) is 0 Å². The fourth-order valence-electron chi connectivity index (χ4n) is 2.83. The lowest BCUT2D eigenvalue weighted by atomic mass is 9.96. The predicted molar refractivity (Wildman–Crippen MR) is 51.6 cm³/mol. The van der Waals surface area contributed by atoms with Crippen LogP contribution in [0.3, 0.4) is 0 Å². The molecule has 3 atom stereocenters. The first-order valence-corrected chi connectivity index (χ1v) is 5.20. The zero-order valence-electron chi connectivity index (χ0n) is 7.39. The highest BCUT2D eigenvalue weighted by Crippen LogP contribution is 2.67. The first kappa shape index (κ1) is 7.85. The number of fused-ring (bicyclic) bond motifs is 1. The van der Waals surface area contributed by atoms with Crippen LogP contribution in [0.4, 0.5) is 0 Å². The zero-order chi connectivity index (χ0) is 8.22. The monoisotopic (exact) mass is 214 g/mol. The summed E-state index contributed by atoms with van der Waals surface area (Å²) in [4.78, 5) is 0. The molecule has 0 radical (unpaired) electrons. The second kappa shape index (κ2) is 2.12. The molecule has 0 spiro atoms. The summed E-state index contributed by atoms with van der Waals surface area (Å²) in [6, 6.07) is 0. The van der Waals surface area contributed by atoms with Gasteiger partial charge >= 0.3 is 0 Å². The molecule has 1 saturated carbocycles. The molecule has 0 unspecified atom stereocenters. The van der Waals surface area contributed by atoms with Crippen molar-refractivity contribution in [1.82, 2.24) is 0 Å². The van der Waals surface area contributed by atoms with Crippen molar-refractivity contribution in [3.05, 3.63) is 10.6 Å². The van der Waals surface area contributed by atoms with E-state index < -0.39 is 0 Å². The van der Waals surface area contributed by atoms with Crippen LogP contribution in [0.2, 0.25) is 0 Å². The molecule has 0 aliphatic heterocycles. The Balaban J connectivity index is 2.22. The van der Waals surface area contributed by atoms with E-state index in [0.717, 1.165) is 17.8 Å². The van der Waals surface area contributed by atoms with Gasteiger partial charge in [0.25, 0.3) is 0 Å². The second-order valence-corrected chi connectivity index (χ2v) is 5.48. The van der Waals surface area contributed by atoms with Crippen molar-refractivity contribution in [3.63, 3.8) is 0 Å². The summed E-state index contributed by atoms with van der Waals surface area (Å²) in [6.07, 6.45) is 3.66. The molecule has 0 N–H and O–H groups in total. The summed E-state index contributed by atoms with van der Waals surface area (Å²) in [7, 11) is 0. The van der Waals surface area contributed by atoms with E-state index in [1.807, 2.05) is 0 Å². The van der Waals surface area contributed by atoms with Crippen LogP contribution in [0.25, 0.3) is 0 Å². The Bertz CT molecular complexity index is 215. The van der Waals surface area contributed by atoms with Gasteiger partial charge in [-0.2, -0.15) is 0 Å². The van der Waals surface area contributed by atoms with Gasteiger partial charge in [-0.05, 0) is 34.1 Å². The van der Waals surface area contributed by atoms with Crippen LogP contribution in [0.1, 0.15) is 27.2 Å². The summed E-state index contributed by atoms with van der Waals surface area (Å²) in [5, 5.41) is 0. The molecule has 0 aromatic carbocycles. The normalized spacial score (nSPS) is 46.2. The van der Waals surface area contributed by atoms with E-state index in [4.69, 9.17) is 0 Å². The molecule has 2 rings (SSSR count). The SMILES string of the molecule is C[C@@H]1C(Br)=CC[C@@H]2[C@@H]1C2(C)C. The van der Waals surface area contributed by atoms with E-state index in [1.165, 1.54) is 10.9 Å². The van der Waals surface area contributed by atoms with Gasteiger partial charge in [-0.3, -0.25) is 0 Å². The van der Waals surface area contributed by atoms with Crippen LogP contribution in [0, 0.1) is 23.2 Å². The van der Waals surface area contributed by atoms with Gasteiger partial charge in [0.15, 0.2) is 0 Å². The highest BCUT2D eigenvalue weighted by atomic mass is 79.9. The maximum atomic E-state index is 3.63. The minimum absolute atomic E-state index is 0.617. The summed E-state index contributed by atoms with van der Waals surface area (Å²) >= 11 is 3.63. The molecular weight excluding hydrogens is 200 g/mol. The Labute approximate surface area is 77.2 Å². The molecule has 11 heavy (non-hydrogen) atoms. The molecule has 62 valence electrons. The zero-order valence-corrected chi connectivity index (χ0v) is 8.98. The summed E-state index contributed by atoms with van der Waals surface area (Å²) in [5.74, 6) is 2.68. The Morgan fingerprint density at radius 2 is 2.18 bits per heavy atom. The van der Waals surface area contributed by atoms with Crippen molar-refractivity contribution in [2.24, 2.45) is 23.2 Å². The predicted octanol–water partition coefficient (Wildman–Crippen LogP) is 3.58. The minimum Gasteiger partial charge on any atom is -0.0738 e. The number of allylic oxidation sites excluding steroid dienone is 2. The summed E-state index contributed by atoms with van der Waals surface area (Å²) < 4.78 is 1.43. The van der Waals surface area contributed by atoms with Crippen molar-refractivity contribution in [2.75, 3.05) is 0 Å². The Morgan fingerprint density at radius 1 is 1.55 bits per heavy atom. The van der Waals surface area contributed by atoms with Gasteiger partial charge in [-0.15, -0.1) is 0 Å². The highest BCUT2D eigenvalue weighted by Gasteiger charge is 2.60. The van der Waals surface area contributed by atoms with Crippen molar-refractivity contribution >= 4 is 15.9 Å². The molecule has 0 aromatic heterocycles.